The fraction of sp³-hybridized carbons (Fsp3) is 0.265. The van der Waals surface area contributed by atoms with E-state index in [0.29, 0.717) is 66.6 Å². The zero-order valence-corrected chi connectivity index (χ0v) is 27.9. The van der Waals surface area contributed by atoms with Crippen molar-refractivity contribution in [3.63, 3.8) is 0 Å². The molecule has 1 atom stereocenters. The van der Waals surface area contributed by atoms with Gasteiger partial charge < -0.3 is 19.1 Å². The van der Waals surface area contributed by atoms with Gasteiger partial charge in [-0.2, -0.15) is 0 Å². The summed E-state index contributed by atoms with van der Waals surface area (Å²) in [6.45, 7) is 6.97. The quantitative estimate of drug-likeness (QED) is 0.207. The zero-order valence-electron chi connectivity index (χ0n) is 25.6. The van der Waals surface area contributed by atoms with Gasteiger partial charge in [0.15, 0.2) is 16.3 Å². The van der Waals surface area contributed by atoms with Crippen LogP contribution in [0.25, 0.3) is 6.08 Å². The molecule has 0 saturated heterocycles. The predicted octanol–water partition coefficient (Wildman–Crippen LogP) is 6.01. The van der Waals surface area contributed by atoms with E-state index in [1.807, 2.05) is 57.2 Å². The Labute approximate surface area is 275 Å². The molecule has 0 radical (unpaired) electrons. The SMILES string of the molecule is CCN(CC)C(=O)C1=C(C)N=c2s/c(=C/c3ccc(OCc4ccc(Cl)cc4Cl)c(OC)c3)c(=O)n2[C@@H]1c1ccccc1OC. The van der Waals surface area contributed by atoms with Crippen LogP contribution in [-0.4, -0.2) is 42.7 Å². The molecule has 4 aromatic rings. The summed E-state index contributed by atoms with van der Waals surface area (Å²) in [5, 5.41) is 1.06. The number of thiazole rings is 1. The van der Waals surface area contributed by atoms with Crippen molar-refractivity contribution in [1.82, 2.24) is 9.47 Å². The van der Waals surface area contributed by atoms with E-state index in [1.165, 1.54) is 11.3 Å². The molecule has 0 N–H and O–H groups in total. The molecule has 0 spiro atoms. The van der Waals surface area contributed by atoms with Gasteiger partial charge in [0.05, 0.1) is 30.0 Å². The monoisotopic (exact) mass is 665 g/mol. The van der Waals surface area contributed by atoms with E-state index in [0.717, 1.165) is 11.1 Å². The number of methoxy groups -OCH3 is 2. The second-order valence-electron chi connectivity index (χ2n) is 10.2. The lowest BCUT2D eigenvalue weighted by molar-refractivity contribution is -0.127. The number of nitrogens with zero attached hydrogens (tertiary/aromatic N) is 3. The second kappa shape index (κ2) is 13.9. The molecule has 234 valence electrons. The Kier molecular flexibility index (Phi) is 10.0. The van der Waals surface area contributed by atoms with E-state index in [-0.39, 0.29) is 18.1 Å². The third-order valence-electron chi connectivity index (χ3n) is 7.62. The van der Waals surface area contributed by atoms with Gasteiger partial charge in [0.25, 0.3) is 11.5 Å². The number of likely N-dealkylation sites (N-methyl/N-ethyl adjacent to an activating group) is 1. The molecule has 0 saturated carbocycles. The van der Waals surface area contributed by atoms with E-state index in [9.17, 15) is 9.59 Å². The van der Waals surface area contributed by atoms with Gasteiger partial charge >= 0.3 is 0 Å². The maximum absolute atomic E-state index is 14.1. The van der Waals surface area contributed by atoms with Crippen molar-refractivity contribution in [2.24, 2.45) is 4.99 Å². The molecule has 3 aromatic carbocycles. The minimum atomic E-state index is -0.711. The average molecular weight is 667 g/mol. The number of para-hydroxylation sites is 1. The first-order valence-corrected chi connectivity index (χ1v) is 16.0. The molecule has 0 unspecified atom stereocenters. The van der Waals surface area contributed by atoms with E-state index in [4.69, 9.17) is 42.4 Å². The van der Waals surface area contributed by atoms with Crippen LogP contribution < -0.4 is 29.1 Å². The summed E-state index contributed by atoms with van der Waals surface area (Å²) in [6, 6.07) is 17.4. The lowest BCUT2D eigenvalue weighted by Gasteiger charge is -2.29. The number of aromatic nitrogens is 1. The molecule has 1 aliphatic rings. The van der Waals surface area contributed by atoms with Crippen LogP contribution in [0.1, 0.15) is 43.5 Å². The molecule has 0 aliphatic carbocycles. The molecular formula is C34H33Cl2N3O5S. The van der Waals surface area contributed by atoms with E-state index in [1.54, 1.807) is 54.0 Å². The fourth-order valence-corrected chi connectivity index (χ4v) is 6.81. The first-order chi connectivity index (χ1) is 21.7. The standard InChI is InChI=1S/C34H33Cl2N3O5S/c1-6-38(7-2)33(41)30-20(3)37-34-39(31(30)24-10-8-9-11-26(24)42-4)32(40)29(45-34)17-21-12-15-27(28(16-21)43-5)44-19-22-13-14-23(35)18-25(22)36/h8-18,31H,6-7,19H2,1-5H3/b29-17+/t31-/m1/s1. The lowest BCUT2D eigenvalue weighted by atomic mass is 9.94. The molecule has 0 fully saturated rings. The number of allylic oxidation sites excluding steroid dienone is 1. The highest BCUT2D eigenvalue weighted by atomic mass is 35.5. The molecule has 8 nitrogen and oxygen atoms in total. The fourth-order valence-electron chi connectivity index (χ4n) is 5.30. The number of carbonyl (C=O) groups is 1. The number of benzene rings is 3. The Balaban J connectivity index is 1.57. The van der Waals surface area contributed by atoms with Crippen LogP contribution in [0.3, 0.4) is 0 Å². The number of halogens is 2. The molecule has 11 heteroatoms. The number of rotatable bonds is 10. The van der Waals surface area contributed by atoms with Gasteiger partial charge in [0.2, 0.25) is 0 Å². The summed E-state index contributed by atoms with van der Waals surface area (Å²) < 4.78 is 19.4. The lowest BCUT2D eigenvalue weighted by Crippen LogP contribution is -2.43. The van der Waals surface area contributed by atoms with Crippen molar-refractivity contribution in [2.45, 2.75) is 33.4 Å². The Bertz CT molecular complexity index is 1960. The van der Waals surface area contributed by atoms with Crippen LogP contribution in [0, 0.1) is 0 Å². The molecule has 2 heterocycles. The van der Waals surface area contributed by atoms with Gasteiger partial charge in [0, 0.05) is 34.3 Å². The number of fused-ring (bicyclic) bond motifs is 1. The van der Waals surface area contributed by atoms with Gasteiger partial charge in [-0.1, -0.05) is 64.9 Å². The van der Waals surface area contributed by atoms with Crippen molar-refractivity contribution in [2.75, 3.05) is 27.3 Å². The van der Waals surface area contributed by atoms with E-state index < -0.39 is 6.04 Å². The number of ether oxygens (including phenoxy) is 3. The Morgan fingerprint density at radius 3 is 2.42 bits per heavy atom. The van der Waals surface area contributed by atoms with Gasteiger partial charge in [-0.05, 0) is 62.7 Å². The maximum Gasteiger partial charge on any atom is 0.271 e. The number of carbonyl (C=O) groups excluding carboxylic acids is 1. The molecule has 1 aromatic heterocycles. The zero-order chi connectivity index (χ0) is 32.2. The van der Waals surface area contributed by atoms with Crippen molar-refractivity contribution >= 4 is 46.5 Å². The topological polar surface area (TPSA) is 82.4 Å². The highest BCUT2D eigenvalue weighted by molar-refractivity contribution is 7.07. The minimum absolute atomic E-state index is 0.161. The predicted molar refractivity (Wildman–Crippen MR) is 178 cm³/mol. The smallest absolute Gasteiger partial charge is 0.271 e. The van der Waals surface area contributed by atoms with Gasteiger partial charge in [-0.15, -0.1) is 0 Å². The van der Waals surface area contributed by atoms with Crippen LogP contribution in [0.4, 0.5) is 0 Å². The van der Waals surface area contributed by atoms with Gasteiger partial charge in [-0.3, -0.25) is 14.2 Å². The molecule has 0 bridgehead atoms. The summed E-state index contributed by atoms with van der Waals surface area (Å²) >= 11 is 13.6. The first-order valence-electron chi connectivity index (χ1n) is 14.4. The van der Waals surface area contributed by atoms with Gasteiger partial charge in [-0.25, -0.2) is 4.99 Å². The summed E-state index contributed by atoms with van der Waals surface area (Å²) in [5.41, 5.74) is 2.99. The molecule has 5 rings (SSSR count). The van der Waals surface area contributed by atoms with Crippen LogP contribution in [0.2, 0.25) is 10.0 Å². The molecule has 1 amide bonds. The van der Waals surface area contributed by atoms with Crippen LogP contribution in [0.5, 0.6) is 17.2 Å². The second-order valence-corrected chi connectivity index (χ2v) is 12.1. The van der Waals surface area contributed by atoms with Crippen LogP contribution >= 0.6 is 34.5 Å². The number of hydrogen-bond acceptors (Lipinski definition) is 7. The van der Waals surface area contributed by atoms with Crippen LogP contribution in [-0.2, 0) is 11.4 Å². The summed E-state index contributed by atoms with van der Waals surface area (Å²) in [7, 11) is 3.13. The Morgan fingerprint density at radius 1 is 1.00 bits per heavy atom. The summed E-state index contributed by atoms with van der Waals surface area (Å²) in [6.07, 6.45) is 1.79. The summed E-state index contributed by atoms with van der Waals surface area (Å²) in [4.78, 5) is 35.0. The van der Waals surface area contributed by atoms with E-state index >= 15 is 0 Å². The van der Waals surface area contributed by atoms with Crippen molar-refractivity contribution in [3.8, 4) is 17.2 Å². The van der Waals surface area contributed by atoms with E-state index in [2.05, 4.69) is 0 Å². The number of amides is 1. The molecule has 45 heavy (non-hydrogen) atoms. The molecular weight excluding hydrogens is 633 g/mol. The average Bonchev–Trinajstić information content (AvgIpc) is 3.34. The first kappa shape index (κ1) is 32.3. The Hall–Kier alpha value is -4.05. The van der Waals surface area contributed by atoms with Crippen molar-refractivity contribution in [3.05, 3.63) is 118 Å². The van der Waals surface area contributed by atoms with Crippen molar-refractivity contribution < 1.29 is 19.0 Å². The third-order valence-corrected chi connectivity index (χ3v) is 9.19. The van der Waals surface area contributed by atoms with Gasteiger partial charge in [0.1, 0.15) is 18.4 Å². The van der Waals surface area contributed by atoms with Crippen LogP contribution in [0.15, 0.2) is 81.7 Å². The third kappa shape index (κ3) is 6.52. The number of hydrogen-bond donors (Lipinski definition) is 0. The highest BCUT2D eigenvalue weighted by Crippen LogP contribution is 2.36. The largest absolute Gasteiger partial charge is 0.496 e. The maximum atomic E-state index is 14.1. The normalized spacial score (nSPS) is 14.6. The summed E-state index contributed by atoms with van der Waals surface area (Å²) in [5.74, 6) is 1.44. The Morgan fingerprint density at radius 2 is 1.73 bits per heavy atom. The minimum Gasteiger partial charge on any atom is -0.496 e. The highest BCUT2D eigenvalue weighted by Gasteiger charge is 2.35. The molecule has 1 aliphatic heterocycles. The van der Waals surface area contributed by atoms with Crippen molar-refractivity contribution in [1.29, 1.82) is 0 Å².